The number of hydrogen-bond acceptors (Lipinski definition) is 37. The molecule has 0 spiro atoms. The van der Waals surface area contributed by atoms with Crippen LogP contribution in [0.15, 0.2) is 0 Å². The molecule has 554 valence electrons. The summed E-state index contributed by atoms with van der Waals surface area (Å²) in [6, 6.07) is -6.61. The van der Waals surface area contributed by atoms with E-state index in [0.717, 1.165) is 27.7 Å². The maximum atomic E-state index is 13.1. The summed E-state index contributed by atoms with van der Waals surface area (Å²) in [5.74, 6) is -8.59. The summed E-state index contributed by atoms with van der Waals surface area (Å²) in [5.41, 5.74) is 0. The molecule has 0 aromatic rings. The van der Waals surface area contributed by atoms with E-state index >= 15 is 0 Å². The highest BCUT2D eigenvalue weighted by atomic mass is 16.8. The van der Waals surface area contributed by atoms with Crippen LogP contribution in [0, 0.1) is 0 Å². The van der Waals surface area contributed by atoms with Gasteiger partial charge in [-0.1, -0.05) is 0 Å². The minimum absolute atomic E-state index is 0.580. The van der Waals surface area contributed by atoms with Crippen molar-refractivity contribution in [2.45, 2.75) is 261 Å². The number of aliphatic hydroxyl groups excluding tert-OH is 19. The van der Waals surface area contributed by atoms with Gasteiger partial charge in [-0.3, -0.25) is 19.2 Å². The number of aliphatic hydroxyl groups is 19. The summed E-state index contributed by atoms with van der Waals surface area (Å²) >= 11 is 0. The van der Waals surface area contributed by atoms with Crippen molar-refractivity contribution in [1.82, 2.24) is 21.3 Å². The van der Waals surface area contributed by atoms with Crippen molar-refractivity contribution < 1.29 is 188 Å². The Morgan fingerprint density at radius 2 is 0.729 bits per heavy atom. The molecule has 7 aliphatic heterocycles. The van der Waals surface area contributed by atoms with E-state index in [2.05, 4.69) is 21.3 Å². The standard InChI is InChI=1S/C54H90N4O38/c1-14-27(55-15(2)66)35(76)41(24(11-63)84-14)90-50-38(79)45(32(73)21(8-60)85-50)93-48-29(57-17(4)68)36(77)42(25(12-64)88-48)91-51-39(80)46(33(74)22(9-61)86-51)94-49-30(58-18(5)69)37(78)43(26(13-65)89-49)92-52-40(81)47(34(75)23(10-62)87-52)96-54(53(82)83)6-19(70)28(56-16(3)67)44(95-54)31(72)20(71)7-59/h14,19-52,59-65,70-81H,6-13H2,1-5H3,(H,55,66)(H,56,67)(H,57,68)(H,58,69)(H,82,83)/t14?,19-,20-,21?,22?,23?,24?,25?,26?,27?,28-,29?,30?,31-,32+,33+,34+,35-,36-,37-,38?,39?,40?,41-,42-,43-,44?,45+,46+,47+,48+,49+,50+,51+,52+,54+/m1/s1. The fourth-order valence-electron chi connectivity index (χ4n) is 12.6. The topological polar surface area (TPSA) is 658 Å². The first kappa shape index (κ1) is 79.4. The molecule has 42 nitrogen and oxygen atoms in total. The predicted octanol–water partition coefficient (Wildman–Crippen LogP) is -15.4. The average Bonchev–Trinajstić information content (AvgIpc) is 0.763. The van der Waals surface area contributed by atoms with Crippen LogP contribution in [0.2, 0.25) is 0 Å². The van der Waals surface area contributed by atoms with Crippen LogP contribution in [0.25, 0.3) is 0 Å². The monoisotopic (exact) mass is 1400 g/mol. The summed E-state index contributed by atoms with van der Waals surface area (Å²) in [6.07, 6.45) is -62.8. The van der Waals surface area contributed by atoms with Gasteiger partial charge >= 0.3 is 5.97 Å². The van der Waals surface area contributed by atoms with Gasteiger partial charge in [0.25, 0.3) is 5.79 Å². The van der Waals surface area contributed by atoms with Crippen LogP contribution in [-0.4, -0.2) is 398 Å². The Hall–Kier alpha value is -3.93. The molecule has 0 radical (unpaired) electrons. The van der Waals surface area contributed by atoms with Gasteiger partial charge in [0.2, 0.25) is 23.6 Å². The molecule has 0 saturated carbocycles. The maximum absolute atomic E-state index is 13.1. The average molecular weight is 1400 g/mol. The van der Waals surface area contributed by atoms with Crippen LogP contribution in [0.5, 0.6) is 0 Å². The first-order valence-corrected chi connectivity index (χ1v) is 30.6. The Kier molecular flexibility index (Phi) is 28.2. The first-order valence-electron chi connectivity index (χ1n) is 30.6. The molecule has 42 heteroatoms. The summed E-state index contributed by atoms with van der Waals surface area (Å²) in [7, 11) is 0. The van der Waals surface area contributed by atoms with Crippen molar-refractivity contribution in [2.75, 3.05) is 46.2 Å². The highest BCUT2D eigenvalue weighted by Gasteiger charge is 2.62. The Balaban J connectivity index is 1.10. The Bertz CT molecular complexity index is 2540. The molecule has 24 N–H and O–H groups in total. The van der Waals surface area contributed by atoms with Gasteiger partial charge < -0.3 is 185 Å². The van der Waals surface area contributed by atoms with Crippen LogP contribution >= 0.6 is 0 Å². The number of hydrogen-bond donors (Lipinski definition) is 24. The van der Waals surface area contributed by atoms with E-state index in [-0.39, 0.29) is 0 Å². The zero-order chi connectivity index (χ0) is 71.3. The summed E-state index contributed by atoms with van der Waals surface area (Å²) in [5, 5.41) is 230. The molecule has 0 aromatic heterocycles. The molecule has 0 aliphatic carbocycles. The number of rotatable bonds is 26. The van der Waals surface area contributed by atoms with Gasteiger partial charge in [-0.05, 0) is 6.92 Å². The Morgan fingerprint density at radius 3 is 1.08 bits per heavy atom. The smallest absolute Gasteiger partial charge is 0.364 e. The van der Waals surface area contributed by atoms with E-state index in [0.29, 0.717) is 0 Å². The van der Waals surface area contributed by atoms with Crippen molar-refractivity contribution in [3.8, 4) is 0 Å². The number of aliphatic carboxylic acids is 1. The third-order valence-corrected chi connectivity index (χ3v) is 17.4. The van der Waals surface area contributed by atoms with Gasteiger partial charge in [0, 0.05) is 34.1 Å². The fourth-order valence-corrected chi connectivity index (χ4v) is 12.6. The van der Waals surface area contributed by atoms with E-state index in [1.165, 1.54) is 6.92 Å². The number of carbonyl (C=O) groups excluding carboxylic acids is 4. The maximum Gasteiger partial charge on any atom is 0.364 e. The van der Waals surface area contributed by atoms with Crippen LogP contribution in [0.3, 0.4) is 0 Å². The van der Waals surface area contributed by atoms with E-state index < -0.39 is 302 Å². The van der Waals surface area contributed by atoms with Gasteiger partial charge in [0.15, 0.2) is 31.5 Å². The molecule has 7 aliphatic rings. The normalized spacial score (nSPS) is 46.0. The zero-order valence-electron chi connectivity index (χ0n) is 52.2. The largest absolute Gasteiger partial charge is 0.477 e. The molecule has 0 bridgehead atoms. The molecule has 7 fully saturated rings. The lowest BCUT2D eigenvalue weighted by Gasteiger charge is -2.51. The summed E-state index contributed by atoms with van der Waals surface area (Å²) in [6.45, 7) is -1.93. The molecular weight excluding hydrogens is 1310 g/mol. The van der Waals surface area contributed by atoms with Crippen molar-refractivity contribution in [3.05, 3.63) is 0 Å². The second-order valence-electron chi connectivity index (χ2n) is 24.2. The molecule has 4 amide bonds. The highest BCUT2D eigenvalue weighted by molar-refractivity contribution is 5.77. The van der Waals surface area contributed by atoms with E-state index in [1.807, 2.05) is 0 Å². The first-order chi connectivity index (χ1) is 45.2. The molecule has 36 atom stereocenters. The predicted molar refractivity (Wildman–Crippen MR) is 299 cm³/mol. The fraction of sp³-hybridized carbons (Fsp3) is 0.907. The van der Waals surface area contributed by atoms with Crippen molar-refractivity contribution in [3.63, 3.8) is 0 Å². The van der Waals surface area contributed by atoms with Gasteiger partial charge in [0.1, 0.15) is 159 Å². The number of amides is 4. The second-order valence-corrected chi connectivity index (χ2v) is 24.2. The minimum atomic E-state index is -3.23. The Labute approximate surface area is 544 Å². The van der Waals surface area contributed by atoms with Crippen LogP contribution in [0.4, 0.5) is 0 Å². The third kappa shape index (κ3) is 17.3. The minimum Gasteiger partial charge on any atom is -0.477 e. The van der Waals surface area contributed by atoms with Crippen molar-refractivity contribution in [2.24, 2.45) is 0 Å². The lowest BCUT2D eigenvalue weighted by Crippen LogP contribution is -2.71. The SMILES string of the molecule is CC(=O)NC1C(C)OC(CO)[C@@H](O[C@@H]2OC(CO)[C@H](O)[C@H](O[C@@H]3OC(CO)[C@@H](O[C@@H]4OC(CO)[C@H](O)[C@H](O[C@@H]5OC(CO)[C@@H](O[C@@H]6OC(CO)[C@H](O)[C@H](O[C@]7(C(=O)O)C[C@@H](O)[C@@H](NC(C)=O)C([C@H](O)[C@H](O)CO)O7)C6O)[C@H](O)C5NC(C)=O)C4O)[C@H](O)C3NC(C)=O)C2O)[C@@H]1O. The van der Waals surface area contributed by atoms with Crippen LogP contribution in [-0.2, 0) is 85.6 Å². The number of nitrogens with one attached hydrogen (secondary N) is 4. The highest BCUT2D eigenvalue weighted by Crippen LogP contribution is 2.41. The zero-order valence-corrected chi connectivity index (χ0v) is 52.2. The molecule has 7 heterocycles. The number of carboxylic acids is 1. The quantitative estimate of drug-likeness (QED) is 0.0382. The number of carbonyl (C=O) groups is 5. The van der Waals surface area contributed by atoms with Gasteiger partial charge in [-0.2, -0.15) is 0 Å². The molecule has 0 aromatic carbocycles. The molecule has 7 rings (SSSR count). The lowest BCUT2D eigenvalue weighted by molar-refractivity contribution is -0.391. The van der Waals surface area contributed by atoms with Crippen LogP contribution < -0.4 is 21.3 Å². The summed E-state index contributed by atoms with van der Waals surface area (Å²) in [4.78, 5) is 62.9. The van der Waals surface area contributed by atoms with E-state index in [4.69, 9.17) is 61.6 Å². The van der Waals surface area contributed by atoms with Crippen molar-refractivity contribution >= 4 is 29.6 Å². The second kappa shape index (κ2) is 34.2. The van der Waals surface area contributed by atoms with E-state index in [1.54, 1.807) is 0 Å². The van der Waals surface area contributed by atoms with Gasteiger partial charge in [-0.15, -0.1) is 0 Å². The third-order valence-electron chi connectivity index (χ3n) is 17.4. The summed E-state index contributed by atoms with van der Waals surface area (Å²) < 4.78 is 75.8. The lowest BCUT2D eigenvalue weighted by atomic mass is 9.88. The number of ether oxygens (including phenoxy) is 13. The molecular formula is C54H90N4O38. The van der Waals surface area contributed by atoms with Gasteiger partial charge in [-0.25, -0.2) is 4.79 Å². The molecule has 96 heavy (non-hydrogen) atoms. The van der Waals surface area contributed by atoms with Crippen molar-refractivity contribution in [1.29, 1.82) is 0 Å². The number of carboxylic acid groups (broad SMARTS) is 1. The van der Waals surface area contributed by atoms with E-state index in [9.17, 15) is 126 Å². The molecule has 7 saturated heterocycles. The van der Waals surface area contributed by atoms with Gasteiger partial charge in [0.05, 0.1) is 70.5 Å². The Morgan fingerprint density at radius 1 is 0.417 bits per heavy atom. The molecule has 14 unspecified atom stereocenters. The van der Waals surface area contributed by atoms with Crippen LogP contribution in [0.1, 0.15) is 41.0 Å².